The fourth-order valence-corrected chi connectivity index (χ4v) is 3.71. The Morgan fingerprint density at radius 3 is 2.77 bits per heavy atom. The van der Waals surface area contributed by atoms with E-state index < -0.39 is 0 Å². The van der Waals surface area contributed by atoms with Crippen molar-refractivity contribution in [2.45, 2.75) is 32.9 Å². The van der Waals surface area contributed by atoms with E-state index in [1.807, 2.05) is 32.0 Å². The standard InChI is InChI=1S/C21H24N2O3/c1-14-8-19(26-22-14)10-18-12-23(13-20(18)24)11-16-4-3-5-17(9-16)21-7-6-15(2)25-21/h3-9,18,20,24H,10-13H2,1-2H3/t18-,20+/m1/s1. The van der Waals surface area contributed by atoms with Crippen LogP contribution < -0.4 is 0 Å². The molecule has 0 saturated carbocycles. The minimum Gasteiger partial charge on any atom is -0.461 e. The molecule has 0 spiro atoms. The van der Waals surface area contributed by atoms with Crippen LogP contribution in [0.1, 0.15) is 22.8 Å². The van der Waals surface area contributed by atoms with Crippen LogP contribution in [0.3, 0.4) is 0 Å². The number of nitrogens with zero attached hydrogens (tertiary/aromatic N) is 2. The van der Waals surface area contributed by atoms with E-state index in [0.29, 0.717) is 6.54 Å². The molecule has 0 bridgehead atoms. The molecule has 1 aliphatic heterocycles. The smallest absolute Gasteiger partial charge is 0.137 e. The minimum atomic E-state index is -0.337. The molecule has 1 saturated heterocycles. The van der Waals surface area contributed by atoms with Gasteiger partial charge in [-0.25, -0.2) is 0 Å². The van der Waals surface area contributed by atoms with Gasteiger partial charge in [-0.1, -0.05) is 23.4 Å². The number of hydrogen-bond acceptors (Lipinski definition) is 5. The molecule has 0 radical (unpaired) electrons. The van der Waals surface area contributed by atoms with Crippen molar-refractivity contribution in [3.63, 3.8) is 0 Å². The highest BCUT2D eigenvalue weighted by atomic mass is 16.5. The summed E-state index contributed by atoms with van der Waals surface area (Å²) < 4.78 is 11.0. The number of hydrogen-bond donors (Lipinski definition) is 1. The Hall–Kier alpha value is -2.37. The van der Waals surface area contributed by atoms with Crippen molar-refractivity contribution in [3.05, 3.63) is 65.2 Å². The lowest BCUT2D eigenvalue weighted by Gasteiger charge is -2.15. The third-order valence-corrected chi connectivity index (χ3v) is 4.98. The lowest BCUT2D eigenvalue weighted by atomic mass is 10.0. The van der Waals surface area contributed by atoms with E-state index in [1.54, 1.807) is 0 Å². The van der Waals surface area contributed by atoms with E-state index in [9.17, 15) is 5.11 Å². The first-order chi connectivity index (χ1) is 12.6. The Labute approximate surface area is 153 Å². The predicted molar refractivity (Wildman–Crippen MR) is 98.6 cm³/mol. The Bertz CT molecular complexity index is 883. The summed E-state index contributed by atoms with van der Waals surface area (Å²) in [5.74, 6) is 2.84. The number of β-amino-alcohol motifs (C(OH)–C–C–N with tert-alkyl or cyclic N) is 1. The second-order valence-corrected chi connectivity index (χ2v) is 7.27. The van der Waals surface area contributed by atoms with E-state index in [4.69, 9.17) is 8.94 Å². The lowest BCUT2D eigenvalue weighted by Crippen LogP contribution is -2.21. The summed E-state index contributed by atoms with van der Waals surface area (Å²) in [6.07, 6.45) is 0.390. The number of furan rings is 1. The minimum absolute atomic E-state index is 0.179. The summed E-state index contributed by atoms with van der Waals surface area (Å²) in [4.78, 5) is 2.30. The van der Waals surface area contributed by atoms with Crippen molar-refractivity contribution < 1.29 is 14.0 Å². The van der Waals surface area contributed by atoms with Crippen LogP contribution in [-0.4, -0.2) is 34.4 Å². The summed E-state index contributed by atoms with van der Waals surface area (Å²) in [5.41, 5.74) is 3.19. The van der Waals surface area contributed by atoms with Gasteiger partial charge in [-0.05, 0) is 37.6 Å². The van der Waals surface area contributed by atoms with Gasteiger partial charge in [0, 0.05) is 43.6 Å². The average molecular weight is 352 g/mol. The summed E-state index contributed by atoms with van der Waals surface area (Å²) in [5, 5.41) is 14.4. The van der Waals surface area contributed by atoms with E-state index in [-0.39, 0.29) is 12.0 Å². The van der Waals surface area contributed by atoms with Gasteiger partial charge in [-0.15, -0.1) is 0 Å². The molecule has 0 aliphatic carbocycles. The number of aliphatic hydroxyl groups is 1. The zero-order valence-electron chi connectivity index (χ0n) is 15.2. The van der Waals surface area contributed by atoms with Crippen LogP contribution in [0.15, 0.2) is 51.4 Å². The molecule has 5 nitrogen and oxygen atoms in total. The van der Waals surface area contributed by atoms with Crippen LogP contribution >= 0.6 is 0 Å². The molecular weight excluding hydrogens is 328 g/mol. The molecule has 0 unspecified atom stereocenters. The molecule has 1 fully saturated rings. The van der Waals surface area contributed by atoms with Gasteiger partial charge < -0.3 is 14.0 Å². The van der Waals surface area contributed by atoms with Crippen LogP contribution in [0.25, 0.3) is 11.3 Å². The van der Waals surface area contributed by atoms with E-state index in [1.165, 1.54) is 5.56 Å². The van der Waals surface area contributed by atoms with Gasteiger partial charge in [0.25, 0.3) is 0 Å². The van der Waals surface area contributed by atoms with E-state index >= 15 is 0 Å². The number of likely N-dealkylation sites (tertiary alicyclic amines) is 1. The Morgan fingerprint density at radius 1 is 1.15 bits per heavy atom. The molecule has 0 amide bonds. The van der Waals surface area contributed by atoms with Gasteiger partial charge in [-0.2, -0.15) is 0 Å². The summed E-state index contributed by atoms with van der Waals surface area (Å²) >= 11 is 0. The molecule has 1 aliphatic rings. The summed E-state index contributed by atoms with van der Waals surface area (Å²) in [7, 11) is 0. The van der Waals surface area contributed by atoms with Crippen LogP contribution in [0, 0.1) is 19.8 Å². The van der Waals surface area contributed by atoms with E-state index in [0.717, 1.165) is 48.0 Å². The molecule has 2 aromatic heterocycles. The molecular formula is C21H24N2O3. The summed E-state index contributed by atoms with van der Waals surface area (Å²) in [6.45, 7) is 6.22. The van der Waals surface area contributed by atoms with Gasteiger partial charge in [0.05, 0.1) is 11.8 Å². The van der Waals surface area contributed by atoms with Gasteiger partial charge in [0.2, 0.25) is 0 Å². The number of aromatic nitrogens is 1. The van der Waals surface area contributed by atoms with Gasteiger partial charge in [0.15, 0.2) is 0 Å². The molecule has 3 heterocycles. The number of aryl methyl sites for hydroxylation is 2. The fourth-order valence-electron chi connectivity index (χ4n) is 3.71. The van der Waals surface area contributed by atoms with Crippen molar-refractivity contribution in [2.24, 2.45) is 5.92 Å². The maximum atomic E-state index is 10.4. The third-order valence-electron chi connectivity index (χ3n) is 4.98. The maximum Gasteiger partial charge on any atom is 0.137 e. The van der Waals surface area contributed by atoms with Gasteiger partial charge >= 0.3 is 0 Å². The van der Waals surface area contributed by atoms with Crippen LogP contribution in [0.5, 0.6) is 0 Å². The predicted octanol–water partition coefficient (Wildman–Crippen LogP) is 3.59. The molecule has 136 valence electrons. The van der Waals surface area contributed by atoms with Crippen molar-refractivity contribution >= 4 is 0 Å². The first kappa shape index (κ1) is 17.1. The fraction of sp³-hybridized carbons (Fsp3) is 0.381. The summed E-state index contributed by atoms with van der Waals surface area (Å²) in [6, 6.07) is 14.3. The highest BCUT2D eigenvalue weighted by Gasteiger charge is 2.32. The number of aliphatic hydroxyl groups excluding tert-OH is 1. The second kappa shape index (κ2) is 7.09. The maximum absolute atomic E-state index is 10.4. The monoisotopic (exact) mass is 352 g/mol. The molecule has 1 aromatic carbocycles. The Kier molecular flexibility index (Phi) is 4.66. The normalized spacial score (nSPS) is 20.7. The van der Waals surface area contributed by atoms with Gasteiger partial charge in [-0.3, -0.25) is 4.90 Å². The van der Waals surface area contributed by atoms with Gasteiger partial charge in [0.1, 0.15) is 17.3 Å². The first-order valence-corrected chi connectivity index (χ1v) is 9.05. The zero-order chi connectivity index (χ0) is 18.1. The highest BCUT2D eigenvalue weighted by molar-refractivity contribution is 5.58. The number of benzene rings is 1. The number of rotatable bonds is 5. The topological polar surface area (TPSA) is 62.6 Å². The highest BCUT2D eigenvalue weighted by Crippen LogP contribution is 2.26. The van der Waals surface area contributed by atoms with Crippen molar-refractivity contribution in [1.29, 1.82) is 0 Å². The molecule has 1 N–H and O–H groups in total. The molecule has 26 heavy (non-hydrogen) atoms. The molecule has 3 aromatic rings. The third kappa shape index (κ3) is 3.74. The van der Waals surface area contributed by atoms with E-state index in [2.05, 4.69) is 34.3 Å². The SMILES string of the molecule is Cc1cc(C[C@@H]2CN(Cc3cccc(-c4ccc(C)o4)c3)C[C@@H]2O)on1. The Morgan fingerprint density at radius 2 is 2.04 bits per heavy atom. The lowest BCUT2D eigenvalue weighted by molar-refractivity contribution is 0.137. The average Bonchev–Trinajstić information content (AvgIpc) is 3.30. The van der Waals surface area contributed by atoms with Crippen molar-refractivity contribution in [2.75, 3.05) is 13.1 Å². The van der Waals surface area contributed by atoms with Crippen LogP contribution in [0.4, 0.5) is 0 Å². The second-order valence-electron chi connectivity index (χ2n) is 7.27. The first-order valence-electron chi connectivity index (χ1n) is 9.05. The van der Waals surface area contributed by atoms with Crippen LogP contribution in [0.2, 0.25) is 0 Å². The molecule has 5 heteroatoms. The quantitative estimate of drug-likeness (QED) is 0.760. The van der Waals surface area contributed by atoms with Crippen molar-refractivity contribution in [3.8, 4) is 11.3 Å². The van der Waals surface area contributed by atoms with Crippen molar-refractivity contribution in [1.82, 2.24) is 10.1 Å². The largest absolute Gasteiger partial charge is 0.461 e. The van der Waals surface area contributed by atoms with Crippen LogP contribution in [-0.2, 0) is 13.0 Å². The molecule has 2 atom stereocenters. The zero-order valence-corrected chi connectivity index (χ0v) is 15.2. The Balaban J connectivity index is 1.41. The molecule has 4 rings (SSSR count).